The van der Waals surface area contributed by atoms with Gasteiger partial charge in [0.05, 0.1) is 4.83 Å². The molecule has 1 atom stereocenters. The van der Waals surface area contributed by atoms with Crippen LogP contribution in [-0.2, 0) is 6.42 Å². The first-order valence-electron chi connectivity index (χ1n) is 4.53. The zero-order valence-corrected chi connectivity index (χ0v) is 11.4. The summed E-state index contributed by atoms with van der Waals surface area (Å²) in [6, 6.07) is 5.73. The maximum atomic E-state index is 11.7. The Morgan fingerprint density at radius 1 is 1.50 bits per heavy atom. The van der Waals surface area contributed by atoms with E-state index >= 15 is 0 Å². The summed E-state index contributed by atoms with van der Waals surface area (Å²) < 4.78 is 1.07. The van der Waals surface area contributed by atoms with Crippen molar-refractivity contribution < 1.29 is 4.79 Å². The molecule has 0 spiro atoms. The largest absolute Gasteiger partial charge is 0.293 e. The molecule has 0 heterocycles. The molecule has 0 bridgehead atoms. The number of halogens is 2. The number of aryl methyl sites for hydroxylation is 1. The molecule has 0 fully saturated rings. The van der Waals surface area contributed by atoms with E-state index in [1.165, 1.54) is 5.56 Å². The summed E-state index contributed by atoms with van der Waals surface area (Å²) in [5, 5.41) is 0. The second kappa shape index (κ2) is 5.08. The van der Waals surface area contributed by atoms with Gasteiger partial charge in [0.2, 0.25) is 0 Å². The number of Topliss-reactive ketones (excluding diaryl/α,β-unsaturated/α-hetero) is 1. The average molecular weight is 320 g/mol. The van der Waals surface area contributed by atoms with E-state index in [1.807, 2.05) is 25.1 Å². The molecule has 0 N–H and O–H groups in total. The van der Waals surface area contributed by atoms with E-state index in [1.54, 1.807) is 0 Å². The third kappa shape index (κ3) is 2.67. The minimum atomic E-state index is -0.117. The van der Waals surface area contributed by atoms with Gasteiger partial charge in [0.1, 0.15) is 0 Å². The van der Waals surface area contributed by atoms with Crippen LogP contribution in [0.5, 0.6) is 0 Å². The number of rotatable bonds is 3. The fourth-order valence-electron chi connectivity index (χ4n) is 1.23. The van der Waals surface area contributed by atoms with E-state index < -0.39 is 0 Å². The van der Waals surface area contributed by atoms with Crippen molar-refractivity contribution in [2.75, 3.05) is 0 Å². The van der Waals surface area contributed by atoms with Crippen LogP contribution in [0.1, 0.15) is 29.8 Å². The lowest BCUT2D eigenvalue weighted by atomic mass is 10.0. The molecular weight excluding hydrogens is 308 g/mol. The molecule has 1 rings (SSSR count). The third-order valence-corrected chi connectivity index (χ3v) is 3.26. The molecule has 3 heteroatoms. The van der Waals surface area contributed by atoms with Crippen molar-refractivity contribution in [3.05, 3.63) is 33.8 Å². The van der Waals surface area contributed by atoms with E-state index in [4.69, 9.17) is 0 Å². The van der Waals surface area contributed by atoms with Crippen LogP contribution in [0.15, 0.2) is 22.7 Å². The molecule has 14 heavy (non-hydrogen) atoms. The van der Waals surface area contributed by atoms with Crippen LogP contribution in [0.25, 0.3) is 0 Å². The van der Waals surface area contributed by atoms with Gasteiger partial charge in [0.25, 0.3) is 0 Å². The van der Waals surface area contributed by atoms with Crippen LogP contribution in [0, 0.1) is 0 Å². The predicted molar refractivity (Wildman–Crippen MR) is 66.2 cm³/mol. The van der Waals surface area contributed by atoms with Gasteiger partial charge in [-0.15, -0.1) is 0 Å². The number of ketones is 1. The van der Waals surface area contributed by atoms with Crippen molar-refractivity contribution in [1.29, 1.82) is 0 Å². The Kier molecular flexibility index (Phi) is 4.32. The quantitative estimate of drug-likeness (QED) is 0.608. The number of carbonyl (C=O) groups excluding carboxylic acids is 1. The van der Waals surface area contributed by atoms with E-state index in [9.17, 15) is 4.79 Å². The van der Waals surface area contributed by atoms with Crippen LogP contribution < -0.4 is 0 Å². The molecule has 0 saturated heterocycles. The summed E-state index contributed by atoms with van der Waals surface area (Å²) in [7, 11) is 0. The number of alkyl halides is 1. The molecule has 1 nitrogen and oxygen atoms in total. The maximum absolute atomic E-state index is 11.7. The summed E-state index contributed by atoms with van der Waals surface area (Å²) in [4.78, 5) is 11.5. The van der Waals surface area contributed by atoms with E-state index in [2.05, 4.69) is 38.8 Å². The van der Waals surface area contributed by atoms with Crippen LogP contribution >= 0.6 is 31.9 Å². The third-order valence-electron chi connectivity index (χ3n) is 2.07. The van der Waals surface area contributed by atoms with E-state index in [0.29, 0.717) is 0 Å². The molecule has 76 valence electrons. The minimum absolute atomic E-state index is 0.117. The SMILES string of the molecule is CCc1cc(C(=O)C(C)Br)ccc1Br. The summed E-state index contributed by atoms with van der Waals surface area (Å²) in [6.45, 7) is 3.92. The monoisotopic (exact) mass is 318 g/mol. The van der Waals surface area contributed by atoms with Gasteiger partial charge in [-0.05, 0) is 31.0 Å². The molecule has 0 aromatic heterocycles. The molecule has 0 aliphatic rings. The van der Waals surface area contributed by atoms with E-state index in [0.717, 1.165) is 16.5 Å². The summed E-state index contributed by atoms with van der Waals surface area (Å²) in [6.07, 6.45) is 0.929. The Morgan fingerprint density at radius 3 is 2.64 bits per heavy atom. The number of benzene rings is 1. The Bertz CT molecular complexity index is 345. The molecule has 1 unspecified atom stereocenters. The van der Waals surface area contributed by atoms with Crippen molar-refractivity contribution >= 4 is 37.6 Å². The average Bonchev–Trinajstić information content (AvgIpc) is 2.17. The van der Waals surface area contributed by atoms with Crippen LogP contribution in [0.2, 0.25) is 0 Å². The normalized spacial score (nSPS) is 12.6. The standard InChI is InChI=1S/C11H12Br2O/c1-3-8-6-9(4-5-10(8)13)11(14)7(2)12/h4-7H,3H2,1-2H3. The smallest absolute Gasteiger partial charge is 0.176 e. The van der Waals surface area contributed by atoms with Gasteiger partial charge < -0.3 is 0 Å². The highest BCUT2D eigenvalue weighted by molar-refractivity contribution is 9.10. The topological polar surface area (TPSA) is 17.1 Å². The van der Waals surface area contributed by atoms with Gasteiger partial charge in [-0.3, -0.25) is 4.79 Å². The van der Waals surface area contributed by atoms with Crippen molar-refractivity contribution in [3.8, 4) is 0 Å². The van der Waals surface area contributed by atoms with Gasteiger partial charge in [0, 0.05) is 10.0 Å². The van der Waals surface area contributed by atoms with E-state index in [-0.39, 0.29) is 10.6 Å². The highest BCUT2D eigenvalue weighted by atomic mass is 79.9. The summed E-state index contributed by atoms with van der Waals surface area (Å²) in [5.41, 5.74) is 1.94. The molecule has 0 aliphatic carbocycles. The first-order valence-corrected chi connectivity index (χ1v) is 6.23. The molecule has 0 radical (unpaired) electrons. The number of hydrogen-bond donors (Lipinski definition) is 0. The molecule has 1 aromatic rings. The zero-order chi connectivity index (χ0) is 10.7. The van der Waals surface area contributed by atoms with Gasteiger partial charge in [0.15, 0.2) is 5.78 Å². The second-order valence-corrected chi connectivity index (χ2v) is 5.37. The molecule has 0 aliphatic heterocycles. The van der Waals surface area contributed by atoms with Gasteiger partial charge in [-0.25, -0.2) is 0 Å². The van der Waals surface area contributed by atoms with Gasteiger partial charge >= 0.3 is 0 Å². The lowest BCUT2D eigenvalue weighted by molar-refractivity contribution is 0.0996. The van der Waals surface area contributed by atoms with Gasteiger partial charge in [-0.2, -0.15) is 0 Å². The Labute approximate surface area is 101 Å². The number of hydrogen-bond acceptors (Lipinski definition) is 1. The fraction of sp³-hybridized carbons (Fsp3) is 0.364. The maximum Gasteiger partial charge on any atom is 0.176 e. The summed E-state index contributed by atoms with van der Waals surface area (Å²) >= 11 is 6.73. The lowest BCUT2D eigenvalue weighted by Crippen LogP contribution is -2.10. The fourth-order valence-corrected chi connectivity index (χ4v) is 2.02. The predicted octanol–water partition coefficient (Wildman–Crippen LogP) is 3.98. The molecule has 0 saturated carbocycles. The van der Waals surface area contributed by atoms with Crippen molar-refractivity contribution in [2.24, 2.45) is 0 Å². The van der Waals surface area contributed by atoms with Crippen LogP contribution in [0.3, 0.4) is 0 Å². The Morgan fingerprint density at radius 2 is 2.14 bits per heavy atom. The summed E-state index contributed by atoms with van der Waals surface area (Å²) in [5.74, 6) is 0.132. The lowest BCUT2D eigenvalue weighted by Gasteiger charge is -2.06. The Balaban J connectivity index is 3.06. The second-order valence-electron chi connectivity index (χ2n) is 3.14. The van der Waals surface area contributed by atoms with Gasteiger partial charge in [-0.1, -0.05) is 44.8 Å². The van der Waals surface area contributed by atoms with Crippen molar-refractivity contribution in [2.45, 2.75) is 25.1 Å². The first kappa shape index (κ1) is 11.9. The van der Waals surface area contributed by atoms with Crippen molar-refractivity contribution in [1.82, 2.24) is 0 Å². The highest BCUT2D eigenvalue weighted by Crippen LogP contribution is 2.20. The minimum Gasteiger partial charge on any atom is -0.293 e. The van der Waals surface area contributed by atoms with Crippen LogP contribution in [-0.4, -0.2) is 10.6 Å². The van der Waals surface area contributed by atoms with Crippen molar-refractivity contribution in [3.63, 3.8) is 0 Å². The zero-order valence-electron chi connectivity index (χ0n) is 8.18. The molecule has 0 amide bonds. The molecule has 1 aromatic carbocycles. The highest BCUT2D eigenvalue weighted by Gasteiger charge is 2.12. The first-order chi connectivity index (χ1) is 6.56. The number of carbonyl (C=O) groups is 1. The van der Waals surface area contributed by atoms with Crippen LogP contribution in [0.4, 0.5) is 0 Å². The molecular formula is C11H12Br2O. The Hall–Kier alpha value is -0.150.